The highest BCUT2D eigenvalue weighted by molar-refractivity contribution is 5.64. The highest BCUT2D eigenvalue weighted by Gasteiger charge is 2.09. The molecule has 1 heterocycles. The first kappa shape index (κ1) is 10.9. The maximum Gasteiger partial charge on any atom is 0.0704 e. The third-order valence-electron chi connectivity index (χ3n) is 3.04. The van der Waals surface area contributed by atoms with Crippen LogP contribution >= 0.6 is 0 Å². The molecule has 0 aliphatic carbocycles. The minimum Gasteiger partial charge on any atom is -0.256 e. The van der Waals surface area contributed by atoms with Crippen LogP contribution in [-0.4, -0.2) is 4.98 Å². The van der Waals surface area contributed by atoms with Gasteiger partial charge in [-0.05, 0) is 30.0 Å². The van der Waals surface area contributed by atoms with Crippen molar-refractivity contribution in [3.63, 3.8) is 0 Å². The standard InChI is InChI=1S/C15H17N/c1-3-12(2)13-8-4-5-9-14(13)15-10-6-7-11-16-15/h4-12H,3H2,1-2H3. The van der Waals surface area contributed by atoms with Crippen LogP contribution < -0.4 is 0 Å². The quantitative estimate of drug-likeness (QED) is 0.739. The van der Waals surface area contributed by atoms with Gasteiger partial charge in [-0.1, -0.05) is 44.2 Å². The molecule has 0 radical (unpaired) electrons. The molecule has 0 aliphatic rings. The second kappa shape index (κ2) is 4.93. The minimum atomic E-state index is 0.582. The van der Waals surface area contributed by atoms with Crippen molar-refractivity contribution in [3.8, 4) is 11.3 Å². The zero-order valence-electron chi connectivity index (χ0n) is 9.85. The number of pyridine rings is 1. The van der Waals surface area contributed by atoms with Crippen LogP contribution in [0.5, 0.6) is 0 Å². The summed E-state index contributed by atoms with van der Waals surface area (Å²) in [4.78, 5) is 4.43. The van der Waals surface area contributed by atoms with E-state index in [1.54, 1.807) is 0 Å². The van der Waals surface area contributed by atoms with E-state index in [0.29, 0.717) is 5.92 Å². The summed E-state index contributed by atoms with van der Waals surface area (Å²) in [6.45, 7) is 4.49. The van der Waals surface area contributed by atoms with Crippen molar-refractivity contribution in [3.05, 3.63) is 54.2 Å². The molecule has 2 rings (SSSR count). The monoisotopic (exact) mass is 211 g/mol. The molecule has 1 heteroatoms. The third-order valence-corrected chi connectivity index (χ3v) is 3.04. The molecule has 0 saturated carbocycles. The fraction of sp³-hybridized carbons (Fsp3) is 0.267. The molecule has 1 nitrogen and oxygen atoms in total. The van der Waals surface area contributed by atoms with Crippen LogP contribution in [0.1, 0.15) is 31.7 Å². The van der Waals surface area contributed by atoms with Crippen molar-refractivity contribution in [1.29, 1.82) is 0 Å². The lowest BCUT2D eigenvalue weighted by molar-refractivity contribution is 0.735. The number of hydrogen-bond acceptors (Lipinski definition) is 1. The van der Waals surface area contributed by atoms with Gasteiger partial charge in [0.1, 0.15) is 0 Å². The molecular formula is C15H17N. The average Bonchev–Trinajstić information content (AvgIpc) is 2.39. The van der Waals surface area contributed by atoms with Crippen molar-refractivity contribution in [2.75, 3.05) is 0 Å². The number of benzene rings is 1. The Bertz CT molecular complexity index is 448. The molecule has 1 atom stereocenters. The molecule has 0 amide bonds. The molecule has 0 aliphatic heterocycles. The van der Waals surface area contributed by atoms with Gasteiger partial charge in [0, 0.05) is 11.8 Å². The lowest BCUT2D eigenvalue weighted by atomic mass is 9.92. The van der Waals surface area contributed by atoms with Crippen molar-refractivity contribution >= 4 is 0 Å². The van der Waals surface area contributed by atoms with Crippen LogP contribution in [0.15, 0.2) is 48.7 Å². The van der Waals surface area contributed by atoms with Gasteiger partial charge in [0.15, 0.2) is 0 Å². The molecule has 82 valence electrons. The highest BCUT2D eigenvalue weighted by atomic mass is 14.7. The first-order chi connectivity index (χ1) is 7.83. The fourth-order valence-electron chi connectivity index (χ4n) is 1.90. The lowest BCUT2D eigenvalue weighted by Gasteiger charge is -2.14. The Morgan fingerprint density at radius 3 is 2.50 bits per heavy atom. The third kappa shape index (κ3) is 2.13. The molecular weight excluding hydrogens is 194 g/mol. The summed E-state index contributed by atoms with van der Waals surface area (Å²) in [7, 11) is 0. The molecule has 1 unspecified atom stereocenters. The number of aromatic nitrogens is 1. The molecule has 0 spiro atoms. The maximum atomic E-state index is 4.43. The van der Waals surface area contributed by atoms with Crippen LogP contribution in [-0.2, 0) is 0 Å². The smallest absolute Gasteiger partial charge is 0.0704 e. The Kier molecular flexibility index (Phi) is 3.35. The van der Waals surface area contributed by atoms with Crippen molar-refractivity contribution in [2.24, 2.45) is 0 Å². The van der Waals surface area contributed by atoms with Crippen molar-refractivity contribution < 1.29 is 0 Å². The van der Waals surface area contributed by atoms with E-state index in [9.17, 15) is 0 Å². The Hall–Kier alpha value is -1.63. The summed E-state index contributed by atoms with van der Waals surface area (Å²) in [6, 6.07) is 14.6. The predicted molar refractivity (Wildman–Crippen MR) is 68.4 cm³/mol. The number of rotatable bonds is 3. The van der Waals surface area contributed by atoms with Gasteiger partial charge >= 0.3 is 0 Å². The van der Waals surface area contributed by atoms with Crippen molar-refractivity contribution in [1.82, 2.24) is 4.98 Å². The van der Waals surface area contributed by atoms with Gasteiger partial charge < -0.3 is 0 Å². The molecule has 2 aromatic rings. The Balaban J connectivity index is 2.49. The van der Waals surface area contributed by atoms with Crippen LogP contribution in [0.25, 0.3) is 11.3 Å². The van der Waals surface area contributed by atoms with Gasteiger partial charge in [0.25, 0.3) is 0 Å². The maximum absolute atomic E-state index is 4.43. The SMILES string of the molecule is CCC(C)c1ccccc1-c1ccccn1. The molecule has 0 bridgehead atoms. The Labute approximate surface area is 97.2 Å². The minimum absolute atomic E-state index is 0.582. The first-order valence-corrected chi connectivity index (χ1v) is 5.83. The largest absolute Gasteiger partial charge is 0.256 e. The molecule has 0 fully saturated rings. The lowest BCUT2D eigenvalue weighted by Crippen LogP contribution is -1.95. The van der Waals surface area contributed by atoms with Gasteiger partial charge in [0.05, 0.1) is 5.69 Å². The highest BCUT2D eigenvalue weighted by Crippen LogP contribution is 2.29. The van der Waals surface area contributed by atoms with Crippen molar-refractivity contribution in [2.45, 2.75) is 26.2 Å². The van der Waals surface area contributed by atoms with E-state index < -0.39 is 0 Å². The van der Waals surface area contributed by atoms with Gasteiger partial charge in [-0.3, -0.25) is 4.98 Å². The van der Waals surface area contributed by atoms with Crippen LogP contribution in [0.2, 0.25) is 0 Å². The van der Waals surface area contributed by atoms with E-state index in [-0.39, 0.29) is 0 Å². The van der Waals surface area contributed by atoms with Crippen LogP contribution in [0.4, 0.5) is 0 Å². The van der Waals surface area contributed by atoms with E-state index >= 15 is 0 Å². The van der Waals surface area contributed by atoms with E-state index in [2.05, 4.69) is 49.2 Å². The first-order valence-electron chi connectivity index (χ1n) is 5.83. The summed E-state index contributed by atoms with van der Waals surface area (Å²) in [6.07, 6.45) is 3.01. The van der Waals surface area contributed by atoms with Gasteiger partial charge in [0.2, 0.25) is 0 Å². The van der Waals surface area contributed by atoms with E-state index in [0.717, 1.165) is 12.1 Å². The molecule has 1 aromatic carbocycles. The molecule has 1 aromatic heterocycles. The second-order valence-electron chi connectivity index (χ2n) is 4.11. The van der Waals surface area contributed by atoms with Crippen LogP contribution in [0.3, 0.4) is 0 Å². The van der Waals surface area contributed by atoms with Crippen LogP contribution in [0, 0.1) is 0 Å². The summed E-state index contributed by atoms with van der Waals surface area (Å²) in [5.41, 5.74) is 3.72. The molecule has 0 N–H and O–H groups in total. The van der Waals surface area contributed by atoms with E-state index in [4.69, 9.17) is 0 Å². The number of hydrogen-bond donors (Lipinski definition) is 0. The predicted octanol–water partition coefficient (Wildman–Crippen LogP) is 4.26. The zero-order chi connectivity index (χ0) is 11.4. The summed E-state index contributed by atoms with van der Waals surface area (Å²) in [5.74, 6) is 0.582. The van der Waals surface area contributed by atoms with Gasteiger partial charge in [-0.15, -0.1) is 0 Å². The van der Waals surface area contributed by atoms with E-state index in [1.807, 2.05) is 18.3 Å². The molecule has 16 heavy (non-hydrogen) atoms. The second-order valence-corrected chi connectivity index (χ2v) is 4.11. The molecule has 0 saturated heterocycles. The summed E-state index contributed by atoms with van der Waals surface area (Å²) < 4.78 is 0. The normalized spacial score (nSPS) is 12.4. The number of nitrogens with zero attached hydrogens (tertiary/aromatic N) is 1. The van der Waals surface area contributed by atoms with E-state index in [1.165, 1.54) is 11.1 Å². The topological polar surface area (TPSA) is 12.9 Å². The Morgan fingerprint density at radius 2 is 1.81 bits per heavy atom. The fourth-order valence-corrected chi connectivity index (χ4v) is 1.90. The zero-order valence-corrected chi connectivity index (χ0v) is 9.85. The van der Waals surface area contributed by atoms with Gasteiger partial charge in [-0.25, -0.2) is 0 Å². The van der Waals surface area contributed by atoms with Gasteiger partial charge in [-0.2, -0.15) is 0 Å². The Morgan fingerprint density at radius 1 is 1.06 bits per heavy atom. The summed E-state index contributed by atoms with van der Waals surface area (Å²) in [5, 5.41) is 0. The average molecular weight is 211 g/mol. The summed E-state index contributed by atoms with van der Waals surface area (Å²) >= 11 is 0.